The first-order chi connectivity index (χ1) is 10.3. The monoisotopic (exact) mass is 326 g/mol. The van der Waals surface area contributed by atoms with Crippen molar-refractivity contribution in [3.8, 4) is 5.75 Å². The zero-order chi connectivity index (χ0) is 16.3. The maximum absolute atomic E-state index is 12.1. The Labute approximate surface area is 136 Å². The number of carbonyl (C=O) groups excluding carboxylic acids is 1. The average molecular weight is 327 g/mol. The summed E-state index contributed by atoms with van der Waals surface area (Å²) in [4.78, 5) is 12.1. The molecule has 1 aromatic carbocycles. The topological polar surface area (TPSA) is 70.6 Å². The standard InChI is InChI=1S/C16H23ClN2O3/c1-10(2)16(3,21)9-18-15(20)19-13-7-8-22-14-11(13)5-4-6-12(14)17/h4-6,10,13,21H,7-9H2,1-3H3,(H2,18,19,20). The molecule has 22 heavy (non-hydrogen) atoms. The van der Waals surface area contributed by atoms with Gasteiger partial charge in [0.25, 0.3) is 0 Å². The summed E-state index contributed by atoms with van der Waals surface area (Å²) >= 11 is 6.11. The van der Waals surface area contributed by atoms with Crippen LogP contribution in [0.2, 0.25) is 5.02 Å². The lowest BCUT2D eigenvalue weighted by Gasteiger charge is -2.30. The number of halogens is 1. The zero-order valence-electron chi connectivity index (χ0n) is 13.1. The number of carbonyl (C=O) groups is 1. The van der Waals surface area contributed by atoms with Crippen molar-refractivity contribution < 1.29 is 14.6 Å². The van der Waals surface area contributed by atoms with E-state index in [1.807, 2.05) is 26.0 Å². The Balaban J connectivity index is 1.98. The van der Waals surface area contributed by atoms with E-state index in [9.17, 15) is 9.90 Å². The number of rotatable bonds is 4. The lowest BCUT2D eigenvalue weighted by Crippen LogP contribution is -2.48. The Morgan fingerprint density at radius 2 is 2.27 bits per heavy atom. The molecule has 0 fully saturated rings. The van der Waals surface area contributed by atoms with E-state index in [1.54, 1.807) is 13.0 Å². The SMILES string of the molecule is CC(C)C(C)(O)CNC(=O)NC1CCOc2c(Cl)cccc21. The Morgan fingerprint density at radius 1 is 1.55 bits per heavy atom. The molecule has 0 aliphatic carbocycles. The van der Waals surface area contributed by atoms with Gasteiger partial charge in [-0.1, -0.05) is 37.6 Å². The van der Waals surface area contributed by atoms with Gasteiger partial charge in [0.2, 0.25) is 0 Å². The van der Waals surface area contributed by atoms with Crippen LogP contribution >= 0.6 is 11.6 Å². The molecule has 2 rings (SSSR count). The lowest BCUT2D eigenvalue weighted by molar-refractivity contribution is 0.0165. The number of para-hydroxylation sites is 1. The van der Waals surface area contributed by atoms with Gasteiger partial charge >= 0.3 is 6.03 Å². The van der Waals surface area contributed by atoms with Gasteiger partial charge < -0.3 is 20.5 Å². The second-order valence-corrected chi connectivity index (χ2v) is 6.59. The predicted octanol–water partition coefficient (Wildman–Crippen LogP) is 2.87. The van der Waals surface area contributed by atoms with Gasteiger partial charge in [-0.25, -0.2) is 4.79 Å². The lowest BCUT2D eigenvalue weighted by atomic mass is 9.93. The first kappa shape index (κ1) is 16.9. The van der Waals surface area contributed by atoms with Crippen molar-refractivity contribution in [1.82, 2.24) is 10.6 Å². The average Bonchev–Trinajstić information content (AvgIpc) is 2.46. The summed E-state index contributed by atoms with van der Waals surface area (Å²) in [6, 6.07) is 5.05. The number of aliphatic hydroxyl groups is 1. The van der Waals surface area contributed by atoms with E-state index in [1.165, 1.54) is 0 Å². The molecule has 0 aromatic heterocycles. The molecule has 2 atom stereocenters. The van der Waals surface area contributed by atoms with Crippen molar-refractivity contribution in [2.75, 3.05) is 13.2 Å². The fourth-order valence-corrected chi connectivity index (χ4v) is 2.45. The van der Waals surface area contributed by atoms with Gasteiger partial charge in [-0.3, -0.25) is 0 Å². The van der Waals surface area contributed by atoms with Crippen molar-refractivity contribution in [2.24, 2.45) is 5.92 Å². The van der Waals surface area contributed by atoms with Crippen LogP contribution in [0, 0.1) is 5.92 Å². The van der Waals surface area contributed by atoms with Crippen LogP contribution in [0.3, 0.4) is 0 Å². The van der Waals surface area contributed by atoms with Gasteiger partial charge in [-0.05, 0) is 18.9 Å². The minimum Gasteiger partial charge on any atom is -0.492 e. The summed E-state index contributed by atoms with van der Waals surface area (Å²) in [6.45, 7) is 6.24. The molecular formula is C16H23ClN2O3. The van der Waals surface area contributed by atoms with Gasteiger partial charge in [0.05, 0.1) is 23.3 Å². The maximum Gasteiger partial charge on any atom is 0.315 e. The molecule has 1 heterocycles. The summed E-state index contributed by atoms with van der Waals surface area (Å²) in [5.41, 5.74) is -0.0571. The highest BCUT2D eigenvalue weighted by Crippen LogP contribution is 2.37. The minimum absolute atomic E-state index is 0.0513. The van der Waals surface area contributed by atoms with Crippen molar-refractivity contribution in [3.63, 3.8) is 0 Å². The normalized spacial score (nSPS) is 19.8. The van der Waals surface area contributed by atoms with E-state index in [0.29, 0.717) is 23.8 Å². The number of nitrogens with one attached hydrogen (secondary N) is 2. The first-order valence-corrected chi connectivity index (χ1v) is 7.87. The van der Waals surface area contributed by atoms with E-state index >= 15 is 0 Å². The third-order valence-electron chi connectivity index (χ3n) is 4.18. The van der Waals surface area contributed by atoms with Crippen LogP contribution in [-0.2, 0) is 0 Å². The Morgan fingerprint density at radius 3 is 2.95 bits per heavy atom. The van der Waals surface area contributed by atoms with Gasteiger partial charge in [0, 0.05) is 18.5 Å². The Kier molecular flexibility index (Phi) is 5.19. The van der Waals surface area contributed by atoms with E-state index in [2.05, 4.69) is 10.6 Å². The third kappa shape index (κ3) is 3.84. The molecule has 0 spiro atoms. The van der Waals surface area contributed by atoms with Crippen molar-refractivity contribution in [2.45, 2.75) is 38.8 Å². The van der Waals surface area contributed by atoms with Crippen LogP contribution in [0.5, 0.6) is 5.75 Å². The van der Waals surface area contributed by atoms with Gasteiger partial charge in [0.1, 0.15) is 5.75 Å². The van der Waals surface area contributed by atoms with Crippen LogP contribution in [0.1, 0.15) is 38.8 Å². The molecule has 0 saturated carbocycles. The van der Waals surface area contributed by atoms with Gasteiger partial charge in [-0.15, -0.1) is 0 Å². The van der Waals surface area contributed by atoms with E-state index in [-0.39, 0.29) is 24.5 Å². The zero-order valence-corrected chi connectivity index (χ0v) is 13.9. The van der Waals surface area contributed by atoms with Crippen molar-refractivity contribution in [3.05, 3.63) is 28.8 Å². The van der Waals surface area contributed by atoms with Crippen molar-refractivity contribution >= 4 is 17.6 Å². The molecule has 2 unspecified atom stereocenters. The summed E-state index contributed by atoms with van der Waals surface area (Å²) < 4.78 is 5.57. The molecule has 3 N–H and O–H groups in total. The van der Waals surface area contributed by atoms with Crippen LogP contribution in [0.15, 0.2) is 18.2 Å². The molecule has 0 saturated heterocycles. The fourth-order valence-electron chi connectivity index (χ4n) is 2.21. The second-order valence-electron chi connectivity index (χ2n) is 6.19. The minimum atomic E-state index is -0.936. The number of ether oxygens (including phenoxy) is 1. The highest BCUT2D eigenvalue weighted by atomic mass is 35.5. The Bertz CT molecular complexity index is 546. The highest BCUT2D eigenvalue weighted by Gasteiger charge is 2.27. The molecule has 5 nitrogen and oxygen atoms in total. The number of benzene rings is 1. The molecule has 1 aliphatic heterocycles. The summed E-state index contributed by atoms with van der Waals surface area (Å²) in [6.07, 6.45) is 0.682. The van der Waals surface area contributed by atoms with E-state index in [0.717, 1.165) is 5.56 Å². The molecule has 6 heteroatoms. The molecule has 2 amide bonds. The summed E-state index contributed by atoms with van der Waals surface area (Å²) in [5, 5.41) is 16.3. The molecule has 122 valence electrons. The molecule has 0 radical (unpaired) electrons. The van der Waals surface area contributed by atoms with Gasteiger partial charge in [0.15, 0.2) is 0 Å². The molecule has 1 aromatic rings. The second kappa shape index (κ2) is 6.75. The highest BCUT2D eigenvalue weighted by molar-refractivity contribution is 6.32. The maximum atomic E-state index is 12.1. The number of fused-ring (bicyclic) bond motifs is 1. The number of hydrogen-bond donors (Lipinski definition) is 3. The van der Waals surface area contributed by atoms with Crippen LogP contribution in [0.25, 0.3) is 0 Å². The van der Waals surface area contributed by atoms with Crippen LogP contribution in [-0.4, -0.2) is 29.9 Å². The van der Waals surface area contributed by atoms with E-state index < -0.39 is 5.60 Å². The number of urea groups is 1. The Hall–Kier alpha value is -1.46. The fraction of sp³-hybridized carbons (Fsp3) is 0.562. The number of amides is 2. The van der Waals surface area contributed by atoms with Gasteiger partial charge in [-0.2, -0.15) is 0 Å². The molecule has 1 aliphatic rings. The van der Waals surface area contributed by atoms with Crippen LogP contribution in [0.4, 0.5) is 4.79 Å². The predicted molar refractivity (Wildman–Crippen MR) is 86.3 cm³/mol. The molecule has 0 bridgehead atoms. The largest absolute Gasteiger partial charge is 0.492 e. The smallest absolute Gasteiger partial charge is 0.315 e. The van der Waals surface area contributed by atoms with Crippen molar-refractivity contribution in [1.29, 1.82) is 0 Å². The molecular weight excluding hydrogens is 304 g/mol. The summed E-state index contributed by atoms with van der Waals surface area (Å²) in [5.74, 6) is 0.685. The third-order valence-corrected chi connectivity index (χ3v) is 4.48. The quantitative estimate of drug-likeness (QED) is 0.796. The van der Waals surface area contributed by atoms with Crippen LogP contribution < -0.4 is 15.4 Å². The number of hydrogen-bond acceptors (Lipinski definition) is 3. The summed E-state index contributed by atoms with van der Waals surface area (Å²) in [7, 11) is 0. The van der Waals surface area contributed by atoms with E-state index in [4.69, 9.17) is 16.3 Å². The first-order valence-electron chi connectivity index (χ1n) is 7.49.